The van der Waals surface area contributed by atoms with Crippen molar-refractivity contribution in [1.82, 2.24) is 0 Å². The van der Waals surface area contributed by atoms with E-state index in [1.807, 2.05) is 13.0 Å². The number of benzene rings is 1. The third-order valence-electron chi connectivity index (χ3n) is 3.20. The van der Waals surface area contributed by atoms with E-state index in [9.17, 15) is 9.50 Å². The first kappa shape index (κ1) is 12.1. The Morgan fingerprint density at radius 2 is 2.12 bits per heavy atom. The molecule has 0 spiro atoms. The minimum Gasteiger partial charge on any atom is -0.388 e. The Morgan fingerprint density at radius 3 is 2.82 bits per heavy atom. The molecule has 1 nitrogen and oxygen atoms in total. The van der Waals surface area contributed by atoms with Crippen LogP contribution >= 0.6 is 0 Å². The number of rotatable bonds is 1. The SMILES string of the molecule is CC(=C=C1CCCCC1O)c1ccccc1F. The van der Waals surface area contributed by atoms with Crippen LogP contribution in [0, 0.1) is 5.82 Å². The zero-order valence-electron chi connectivity index (χ0n) is 10.0. The van der Waals surface area contributed by atoms with Gasteiger partial charge in [-0.3, -0.25) is 0 Å². The van der Waals surface area contributed by atoms with Gasteiger partial charge in [0, 0.05) is 16.7 Å². The summed E-state index contributed by atoms with van der Waals surface area (Å²) in [6.07, 6.45) is 3.42. The lowest BCUT2D eigenvalue weighted by Gasteiger charge is -2.18. The first-order valence-electron chi connectivity index (χ1n) is 6.08. The maximum atomic E-state index is 13.6. The van der Waals surface area contributed by atoms with Crippen molar-refractivity contribution in [3.8, 4) is 0 Å². The summed E-state index contributed by atoms with van der Waals surface area (Å²) in [7, 11) is 0. The molecule has 0 radical (unpaired) electrons. The molecule has 1 atom stereocenters. The summed E-state index contributed by atoms with van der Waals surface area (Å²) < 4.78 is 13.6. The van der Waals surface area contributed by atoms with E-state index < -0.39 is 6.10 Å². The molecule has 2 heteroatoms. The van der Waals surface area contributed by atoms with Gasteiger partial charge in [0.15, 0.2) is 0 Å². The smallest absolute Gasteiger partial charge is 0.131 e. The normalized spacial score (nSPS) is 19.9. The van der Waals surface area contributed by atoms with E-state index in [0.29, 0.717) is 5.56 Å². The van der Waals surface area contributed by atoms with Crippen LogP contribution in [-0.2, 0) is 0 Å². The molecule has 0 heterocycles. The Morgan fingerprint density at radius 1 is 1.35 bits per heavy atom. The lowest BCUT2D eigenvalue weighted by Crippen LogP contribution is -2.14. The van der Waals surface area contributed by atoms with E-state index in [1.165, 1.54) is 6.07 Å². The fourth-order valence-corrected chi connectivity index (χ4v) is 2.21. The van der Waals surface area contributed by atoms with Crippen LogP contribution in [0.1, 0.15) is 38.2 Å². The summed E-state index contributed by atoms with van der Waals surface area (Å²) in [4.78, 5) is 0. The van der Waals surface area contributed by atoms with Crippen molar-refractivity contribution in [1.29, 1.82) is 0 Å². The van der Waals surface area contributed by atoms with Gasteiger partial charge < -0.3 is 5.11 Å². The Bertz CT molecular complexity index is 470. The molecule has 2 rings (SSSR count). The van der Waals surface area contributed by atoms with Crippen LogP contribution in [0.15, 0.2) is 35.6 Å². The van der Waals surface area contributed by atoms with Crippen LogP contribution in [0.3, 0.4) is 0 Å². The largest absolute Gasteiger partial charge is 0.388 e. The molecular weight excluding hydrogens is 215 g/mol. The summed E-state index contributed by atoms with van der Waals surface area (Å²) in [5.74, 6) is -0.233. The first-order valence-corrected chi connectivity index (χ1v) is 6.08. The first-order chi connectivity index (χ1) is 8.18. The third kappa shape index (κ3) is 2.85. The summed E-state index contributed by atoms with van der Waals surface area (Å²) in [5, 5.41) is 9.83. The van der Waals surface area contributed by atoms with Crippen molar-refractivity contribution >= 4 is 5.57 Å². The summed E-state index contributed by atoms with van der Waals surface area (Å²) >= 11 is 0. The maximum Gasteiger partial charge on any atom is 0.131 e. The number of aliphatic hydroxyl groups is 1. The van der Waals surface area contributed by atoms with Crippen LogP contribution in [0.5, 0.6) is 0 Å². The van der Waals surface area contributed by atoms with Gasteiger partial charge >= 0.3 is 0 Å². The van der Waals surface area contributed by atoms with E-state index >= 15 is 0 Å². The molecule has 1 saturated carbocycles. The molecule has 1 aromatic rings. The summed E-state index contributed by atoms with van der Waals surface area (Å²) in [6.45, 7) is 1.84. The second-order valence-electron chi connectivity index (χ2n) is 4.52. The predicted octanol–water partition coefficient (Wildman–Crippen LogP) is 3.69. The Kier molecular flexibility index (Phi) is 3.78. The van der Waals surface area contributed by atoms with Crippen LogP contribution in [0.4, 0.5) is 4.39 Å². The number of halogens is 1. The Balaban J connectivity index is 2.39. The fourth-order valence-electron chi connectivity index (χ4n) is 2.21. The molecule has 1 aliphatic rings. The van der Waals surface area contributed by atoms with Crippen molar-refractivity contribution in [3.05, 3.63) is 47.0 Å². The van der Waals surface area contributed by atoms with Gasteiger partial charge in [0.05, 0.1) is 6.10 Å². The molecule has 90 valence electrons. The molecule has 0 aliphatic heterocycles. The average Bonchev–Trinajstić information content (AvgIpc) is 2.32. The zero-order chi connectivity index (χ0) is 12.3. The van der Waals surface area contributed by atoms with Crippen LogP contribution in [-0.4, -0.2) is 11.2 Å². The van der Waals surface area contributed by atoms with Gasteiger partial charge in [-0.1, -0.05) is 24.6 Å². The van der Waals surface area contributed by atoms with Gasteiger partial charge in [0.25, 0.3) is 0 Å². The monoisotopic (exact) mass is 232 g/mol. The highest BCUT2D eigenvalue weighted by atomic mass is 19.1. The molecule has 1 fully saturated rings. The predicted molar refractivity (Wildman–Crippen MR) is 67.0 cm³/mol. The van der Waals surface area contributed by atoms with Crippen LogP contribution in [0.2, 0.25) is 0 Å². The topological polar surface area (TPSA) is 20.2 Å². The fraction of sp³-hybridized carbons (Fsp3) is 0.400. The molecule has 1 unspecified atom stereocenters. The van der Waals surface area contributed by atoms with Crippen LogP contribution < -0.4 is 0 Å². The number of hydrogen-bond acceptors (Lipinski definition) is 1. The van der Waals surface area contributed by atoms with E-state index in [1.54, 1.807) is 12.1 Å². The Labute approximate surface area is 101 Å². The molecule has 17 heavy (non-hydrogen) atoms. The molecule has 1 aliphatic carbocycles. The minimum absolute atomic E-state index is 0.233. The van der Waals surface area contributed by atoms with Gasteiger partial charge in [-0.25, -0.2) is 4.39 Å². The zero-order valence-corrected chi connectivity index (χ0v) is 10.0. The second-order valence-corrected chi connectivity index (χ2v) is 4.52. The van der Waals surface area contributed by atoms with Gasteiger partial charge in [-0.15, -0.1) is 5.73 Å². The second kappa shape index (κ2) is 5.31. The average molecular weight is 232 g/mol. The van der Waals surface area contributed by atoms with E-state index in [4.69, 9.17) is 0 Å². The lowest BCUT2D eigenvalue weighted by molar-refractivity contribution is 0.179. The van der Waals surface area contributed by atoms with Crippen molar-refractivity contribution in [2.45, 2.75) is 38.7 Å². The molecule has 0 amide bonds. The summed E-state index contributed by atoms with van der Waals surface area (Å²) in [5.41, 5.74) is 5.41. The van der Waals surface area contributed by atoms with Gasteiger partial charge in [-0.2, -0.15) is 0 Å². The van der Waals surface area contributed by atoms with E-state index in [2.05, 4.69) is 5.73 Å². The van der Waals surface area contributed by atoms with Gasteiger partial charge in [0.1, 0.15) is 5.82 Å². The van der Waals surface area contributed by atoms with Gasteiger partial charge in [-0.05, 0) is 32.3 Å². The minimum atomic E-state index is -0.398. The van der Waals surface area contributed by atoms with E-state index in [0.717, 1.165) is 36.8 Å². The van der Waals surface area contributed by atoms with Crippen LogP contribution in [0.25, 0.3) is 5.57 Å². The Hall–Kier alpha value is -1.37. The third-order valence-corrected chi connectivity index (χ3v) is 3.20. The number of hydrogen-bond donors (Lipinski definition) is 1. The lowest BCUT2D eigenvalue weighted by atomic mass is 9.92. The van der Waals surface area contributed by atoms with Crippen molar-refractivity contribution < 1.29 is 9.50 Å². The summed E-state index contributed by atoms with van der Waals surface area (Å²) in [6, 6.07) is 6.68. The van der Waals surface area contributed by atoms with Gasteiger partial charge in [0.2, 0.25) is 0 Å². The number of aliphatic hydroxyl groups excluding tert-OH is 1. The van der Waals surface area contributed by atoms with Crippen molar-refractivity contribution in [2.75, 3.05) is 0 Å². The highest BCUT2D eigenvalue weighted by Gasteiger charge is 2.15. The van der Waals surface area contributed by atoms with Crippen molar-refractivity contribution in [2.24, 2.45) is 0 Å². The van der Waals surface area contributed by atoms with Crippen molar-refractivity contribution in [3.63, 3.8) is 0 Å². The molecule has 0 bridgehead atoms. The highest BCUT2D eigenvalue weighted by Crippen LogP contribution is 2.25. The maximum absolute atomic E-state index is 13.6. The molecule has 1 aromatic carbocycles. The standard InChI is InChI=1S/C15H17FO/c1-11(13-7-3-4-8-14(13)16)10-12-6-2-5-9-15(12)17/h3-4,7-8,15,17H,2,5-6,9H2,1H3. The highest BCUT2D eigenvalue weighted by molar-refractivity contribution is 5.64. The van der Waals surface area contributed by atoms with E-state index in [-0.39, 0.29) is 5.82 Å². The molecule has 1 N–H and O–H groups in total. The molecular formula is C15H17FO. The quantitative estimate of drug-likeness (QED) is 0.732. The molecule has 0 saturated heterocycles. The molecule has 0 aromatic heterocycles.